The molecule has 17 heavy (non-hydrogen) atoms. The Hall–Kier alpha value is 0.270. The first-order valence-corrected chi connectivity index (χ1v) is 8.36. The number of thioether (sulfide) groups is 1. The van der Waals surface area contributed by atoms with Crippen LogP contribution in [0.15, 0.2) is 0 Å². The van der Waals surface area contributed by atoms with E-state index in [-0.39, 0.29) is 0 Å². The summed E-state index contributed by atoms with van der Waals surface area (Å²) in [6, 6.07) is 0. The molecule has 0 aliphatic rings. The van der Waals surface area contributed by atoms with E-state index < -0.39 is 0 Å². The summed E-state index contributed by atoms with van der Waals surface area (Å²) in [4.78, 5) is 0. The summed E-state index contributed by atoms with van der Waals surface area (Å²) < 4.78 is 0. The molecule has 0 heterocycles. The van der Waals surface area contributed by atoms with E-state index in [1.807, 2.05) is 0 Å². The third kappa shape index (κ3) is 16.3. The molecule has 2 N–H and O–H groups in total. The van der Waals surface area contributed by atoms with Crippen LogP contribution in [0.1, 0.15) is 64.2 Å². The van der Waals surface area contributed by atoms with E-state index in [4.69, 9.17) is 10.2 Å². The zero-order chi connectivity index (χ0) is 12.6. The SMILES string of the molecule is OCCCCCCCSCCCCCCCO. The van der Waals surface area contributed by atoms with E-state index in [0.717, 1.165) is 12.8 Å². The van der Waals surface area contributed by atoms with Crippen LogP contribution >= 0.6 is 11.8 Å². The topological polar surface area (TPSA) is 40.5 Å². The molecule has 2 nitrogen and oxygen atoms in total. The van der Waals surface area contributed by atoms with Gasteiger partial charge in [0.15, 0.2) is 0 Å². The van der Waals surface area contributed by atoms with E-state index in [1.54, 1.807) is 0 Å². The molecule has 0 saturated heterocycles. The van der Waals surface area contributed by atoms with Crippen molar-refractivity contribution < 1.29 is 10.2 Å². The number of hydrogen-bond acceptors (Lipinski definition) is 3. The van der Waals surface area contributed by atoms with Gasteiger partial charge >= 0.3 is 0 Å². The summed E-state index contributed by atoms with van der Waals surface area (Å²) >= 11 is 2.08. The number of aliphatic hydroxyl groups is 2. The van der Waals surface area contributed by atoms with Gasteiger partial charge in [0.2, 0.25) is 0 Å². The Morgan fingerprint density at radius 3 is 1.24 bits per heavy atom. The monoisotopic (exact) mass is 262 g/mol. The highest BCUT2D eigenvalue weighted by atomic mass is 32.2. The lowest BCUT2D eigenvalue weighted by Gasteiger charge is -2.02. The van der Waals surface area contributed by atoms with Crippen LogP contribution in [0.25, 0.3) is 0 Å². The van der Waals surface area contributed by atoms with E-state index in [2.05, 4.69) is 11.8 Å². The molecular weight excluding hydrogens is 232 g/mol. The minimum atomic E-state index is 0.352. The minimum absolute atomic E-state index is 0.352. The van der Waals surface area contributed by atoms with Gasteiger partial charge in [-0.15, -0.1) is 0 Å². The molecule has 0 spiro atoms. The van der Waals surface area contributed by atoms with Crippen molar-refractivity contribution in [2.75, 3.05) is 24.7 Å². The van der Waals surface area contributed by atoms with Crippen LogP contribution < -0.4 is 0 Å². The summed E-state index contributed by atoms with van der Waals surface area (Å²) in [6.45, 7) is 0.704. The van der Waals surface area contributed by atoms with Gasteiger partial charge in [0.05, 0.1) is 0 Å². The van der Waals surface area contributed by atoms with Crippen molar-refractivity contribution in [1.82, 2.24) is 0 Å². The van der Waals surface area contributed by atoms with Gasteiger partial charge in [-0.05, 0) is 37.2 Å². The van der Waals surface area contributed by atoms with Gasteiger partial charge in [-0.2, -0.15) is 11.8 Å². The fraction of sp³-hybridized carbons (Fsp3) is 1.00. The molecule has 0 aromatic carbocycles. The van der Waals surface area contributed by atoms with Crippen molar-refractivity contribution in [3.8, 4) is 0 Å². The first-order chi connectivity index (χ1) is 8.41. The molecule has 0 fully saturated rings. The summed E-state index contributed by atoms with van der Waals surface area (Å²) in [5, 5.41) is 17.3. The van der Waals surface area contributed by atoms with Gasteiger partial charge in [-0.3, -0.25) is 0 Å². The quantitative estimate of drug-likeness (QED) is 0.470. The Kier molecular flexibility index (Phi) is 16.5. The van der Waals surface area contributed by atoms with Crippen LogP contribution in [0.3, 0.4) is 0 Å². The van der Waals surface area contributed by atoms with Crippen LogP contribution in [0.4, 0.5) is 0 Å². The average molecular weight is 262 g/mol. The maximum atomic E-state index is 8.63. The third-order valence-electron chi connectivity index (χ3n) is 2.89. The summed E-state index contributed by atoms with van der Waals surface area (Å²) in [6.07, 6.45) is 12.2. The summed E-state index contributed by atoms with van der Waals surface area (Å²) in [7, 11) is 0. The Balaban J connectivity index is 2.85. The number of unbranched alkanes of at least 4 members (excludes halogenated alkanes) is 8. The fourth-order valence-corrected chi connectivity index (χ4v) is 2.82. The summed E-state index contributed by atoms with van der Waals surface area (Å²) in [5.41, 5.74) is 0. The molecule has 0 unspecified atom stereocenters. The maximum absolute atomic E-state index is 8.63. The number of rotatable bonds is 14. The third-order valence-corrected chi connectivity index (χ3v) is 4.05. The van der Waals surface area contributed by atoms with Crippen molar-refractivity contribution in [3.05, 3.63) is 0 Å². The van der Waals surface area contributed by atoms with Gasteiger partial charge < -0.3 is 10.2 Å². The number of aliphatic hydroxyl groups excluding tert-OH is 2. The van der Waals surface area contributed by atoms with Crippen LogP contribution in [0, 0.1) is 0 Å². The largest absolute Gasteiger partial charge is 0.396 e. The van der Waals surface area contributed by atoms with Gasteiger partial charge in [0, 0.05) is 13.2 Å². The average Bonchev–Trinajstić information content (AvgIpc) is 2.35. The fourth-order valence-electron chi connectivity index (χ4n) is 1.79. The molecule has 3 heteroatoms. The normalized spacial score (nSPS) is 10.9. The van der Waals surface area contributed by atoms with E-state index >= 15 is 0 Å². The Morgan fingerprint density at radius 2 is 0.824 bits per heavy atom. The lowest BCUT2D eigenvalue weighted by Crippen LogP contribution is -1.88. The van der Waals surface area contributed by atoms with Gasteiger partial charge in [0.1, 0.15) is 0 Å². The Morgan fingerprint density at radius 1 is 0.471 bits per heavy atom. The van der Waals surface area contributed by atoms with E-state index in [1.165, 1.54) is 62.9 Å². The molecular formula is C14H30O2S. The molecule has 0 amide bonds. The zero-order valence-corrected chi connectivity index (χ0v) is 12.0. The standard InChI is InChI=1S/C14H30O2S/c15-11-7-3-1-5-9-13-17-14-10-6-2-4-8-12-16/h15-16H,1-14H2. The molecule has 0 radical (unpaired) electrons. The van der Waals surface area contributed by atoms with Crippen molar-refractivity contribution in [2.45, 2.75) is 64.2 Å². The predicted octanol–water partition coefficient (Wildman–Crippen LogP) is 3.61. The Bertz CT molecular complexity index is 117. The second-order valence-corrected chi connectivity index (χ2v) is 5.82. The molecule has 0 rings (SSSR count). The van der Waals surface area contributed by atoms with Gasteiger partial charge in [0.25, 0.3) is 0 Å². The first-order valence-electron chi connectivity index (χ1n) is 7.21. The van der Waals surface area contributed by atoms with Crippen LogP contribution in [-0.4, -0.2) is 34.9 Å². The second kappa shape index (κ2) is 16.3. The molecule has 0 atom stereocenters. The highest BCUT2D eigenvalue weighted by Crippen LogP contribution is 2.12. The number of hydrogen-bond donors (Lipinski definition) is 2. The van der Waals surface area contributed by atoms with Crippen LogP contribution in [0.2, 0.25) is 0 Å². The van der Waals surface area contributed by atoms with Crippen molar-refractivity contribution in [2.24, 2.45) is 0 Å². The smallest absolute Gasteiger partial charge is 0.0431 e. The van der Waals surface area contributed by atoms with Crippen molar-refractivity contribution in [1.29, 1.82) is 0 Å². The van der Waals surface area contributed by atoms with Crippen molar-refractivity contribution >= 4 is 11.8 Å². The van der Waals surface area contributed by atoms with E-state index in [0.29, 0.717) is 13.2 Å². The van der Waals surface area contributed by atoms with Crippen LogP contribution in [-0.2, 0) is 0 Å². The van der Waals surface area contributed by atoms with E-state index in [9.17, 15) is 0 Å². The predicted molar refractivity (Wildman–Crippen MR) is 77.7 cm³/mol. The highest BCUT2D eigenvalue weighted by Gasteiger charge is 1.93. The molecule has 0 saturated carbocycles. The van der Waals surface area contributed by atoms with Crippen molar-refractivity contribution in [3.63, 3.8) is 0 Å². The van der Waals surface area contributed by atoms with Gasteiger partial charge in [-0.25, -0.2) is 0 Å². The Labute approximate surface area is 111 Å². The molecule has 0 aliphatic carbocycles. The zero-order valence-electron chi connectivity index (χ0n) is 11.2. The molecule has 0 aliphatic heterocycles. The maximum Gasteiger partial charge on any atom is 0.0431 e. The lowest BCUT2D eigenvalue weighted by atomic mass is 10.2. The minimum Gasteiger partial charge on any atom is -0.396 e. The van der Waals surface area contributed by atoms with Crippen LogP contribution in [0.5, 0.6) is 0 Å². The molecule has 0 aromatic rings. The lowest BCUT2D eigenvalue weighted by molar-refractivity contribution is 0.282. The second-order valence-electron chi connectivity index (χ2n) is 4.60. The summed E-state index contributed by atoms with van der Waals surface area (Å²) in [5.74, 6) is 2.60. The first kappa shape index (κ1) is 17.3. The molecule has 0 aromatic heterocycles. The van der Waals surface area contributed by atoms with Gasteiger partial charge in [-0.1, -0.05) is 38.5 Å². The molecule has 104 valence electrons. The molecule has 0 bridgehead atoms. The highest BCUT2D eigenvalue weighted by molar-refractivity contribution is 7.99.